The predicted molar refractivity (Wildman–Crippen MR) is 122 cm³/mol. The number of amides is 1. The minimum atomic E-state index is -0.0457. The molecule has 3 rings (SSSR count). The first-order chi connectivity index (χ1) is 14.6. The Morgan fingerprint density at radius 3 is 2.40 bits per heavy atom. The van der Waals surface area contributed by atoms with Crippen molar-refractivity contribution in [2.24, 2.45) is 0 Å². The maximum atomic E-state index is 13.4. The highest BCUT2D eigenvalue weighted by molar-refractivity contribution is 7.22. The Hall–Kier alpha value is -2.64. The molecule has 0 fully saturated rings. The van der Waals surface area contributed by atoms with Gasteiger partial charge in [-0.1, -0.05) is 11.3 Å². The van der Waals surface area contributed by atoms with Gasteiger partial charge in [-0.25, -0.2) is 4.98 Å². The van der Waals surface area contributed by atoms with Gasteiger partial charge in [-0.05, 0) is 63.2 Å². The SMILES string of the molecule is CCOc1ccc(C(=O)N(CC[NH+](CC)CC)c2nc3ccc(OC)cc3s2)cc1. The lowest BCUT2D eigenvalue weighted by Gasteiger charge is -2.23. The average molecular weight is 429 g/mol. The topological polar surface area (TPSA) is 56.1 Å². The first-order valence-electron chi connectivity index (χ1n) is 10.4. The first-order valence-corrected chi connectivity index (χ1v) is 11.2. The standard InChI is InChI=1S/C23H29N3O3S/c1-5-25(6-2)14-15-26(22(27)17-8-10-18(11-9-17)29-7-3)23-24-20-13-12-19(28-4)16-21(20)30-23/h8-13,16H,5-7,14-15H2,1-4H3/p+1. The molecular formula is C23H30N3O3S+. The van der Waals surface area contributed by atoms with Gasteiger partial charge in [0, 0.05) is 5.56 Å². The van der Waals surface area contributed by atoms with E-state index in [-0.39, 0.29) is 5.91 Å². The van der Waals surface area contributed by atoms with Gasteiger partial charge in [0.25, 0.3) is 5.91 Å². The molecule has 0 atom stereocenters. The maximum Gasteiger partial charge on any atom is 0.260 e. The van der Waals surface area contributed by atoms with Gasteiger partial charge in [0.1, 0.15) is 11.5 Å². The van der Waals surface area contributed by atoms with Crippen LogP contribution in [0.2, 0.25) is 0 Å². The van der Waals surface area contributed by atoms with E-state index in [2.05, 4.69) is 13.8 Å². The molecule has 0 saturated heterocycles. The number of hydrogen-bond acceptors (Lipinski definition) is 5. The van der Waals surface area contributed by atoms with Gasteiger partial charge in [0.15, 0.2) is 5.13 Å². The maximum absolute atomic E-state index is 13.4. The van der Waals surface area contributed by atoms with Crippen molar-refractivity contribution in [2.45, 2.75) is 20.8 Å². The lowest BCUT2D eigenvalue weighted by Crippen LogP contribution is -3.12. The molecule has 7 heteroatoms. The smallest absolute Gasteiger partial charge is 0.260 e. The minimum Gasteiger partial charge on any atom is -0.497 e. The Morgan fingerprint density at radius 1 is 1.07 bits per heavy atom. The van der Waals surface area contributed by atoms with Crippen LogP contribution in [-0.4, -0.2) is 50.8 Å². The third-order valence-corrected chi connectivity index (χ3v) is 6.20. The summed E-state index contributed by atoms with van der Waals surface area (Å²) in [5, 5.41) is 0.712. The number of nitrogens with one attached hydrogen (secondary N) is 1. The van der Waals surface area contributed by atoms with E-state index in [1.54, 1.807) is 12.0 Å². The highest BCUT2D eigenvalue weighted by Crippen LogP contribution is 2.32. The van der Waals surface area contributed by atoms with E-state index in [0.717, 1.165) is 41.3 Å². The number of nitrogens with zero attached hydrogens (tertiary/aromatic N) is 2. The monoisotopic (exact) mass is 428 g/mol. The van der Waals surface area contributed by atoms with Gasteiger partial charge in [0.05, 0.1) is 50.1 Å². The number of carbonyl (C=O) groups excluding carboxylic acids is 1. The van der Waals surface area contributed by atoms with E-state index in [1.165, 1.54) is 16.2 Å². The van der Waals surface area contributed by atoms with Crippen LogP contribution in [0.5, 0.6) is 11.5 Å². The van der Waals surface area contributed by atoms with Crippen molar-refractivity contribution in [1.82, 2.24) is 4.98 Å². The zero-order chi connectivity index (χ0) is 21.5. The van der Waals surface area contributed by atoms with Crippen molar-refractivity contribution in [1.29, 1.82) is 0 Å². The van der Waals surface area contributed by atoms with Crippen LogP contribution in [0.4, 0.5) is 5.13 Å². The van der Waals surface area contributed by atoms with E-state index < -0.39 is 0 Å². The lowest BCUT2D eigenvalue weighted by atomic mass is 10.2. The fourth-order valence-corrected chi connectivity index (χ4v) is 4.33. The Kier molecular flexibility index (Phi) is 7.65. The summed E-state index contributed by atoms with van der Waals surface area (Å²) >= 11 is 1.52. The van der Waals surface area contributed by atoms with Crippen LogP contribution in [0.25, 0.3) is 10.2 Å². The molecule has 1 N–H and O–H groups in total. The van der Waals surface area contributed by atoms with Gasteiger partial charge in [0.2, 0.25) is 0 Å². The number of aromatic nitrogens is 1. The number of thiazole rings is 1. The molecule has 30 heavy (non-hydrogen) atoms. The second kappa shape index (κ2) is 10.4. The Bertz CT molecular complexity index is 967. The number of rotatable bonds is 10. The normalized spacial score (nSPS) is 11.1. The summed E-state index contributed by atoms with van der Waals surface area (Å²) in [5.74, 6) is 1.51. The van der Waals surface area contributed by atoms with Crippen LogP contribution in [0.1, 0.15) is 31.1 Å². The number of hydrogen-bond donors (Lipinski definition) is 1. The van der Waals surface area contributed by atoms with Crippen LogP contribution < -0.4 is 19.3 Å². The lowest BCUT2D eigenvalue weighted by molar-refractivity contribution is -0.894. The van der Waals surface area contributed by atoms with Crippen molar-refractivity contribution < 1.29 is 19.2 Å². The van der Waals surface area contributed by atoms with Crippen molar-refractivity contribution in [3.63, 3.8) is 0 Å². The second-order valence-corrected chi connectivity index (χ2v) is 7.96. The van der Waals surface area contributed by atoms with E-state index in [0.29, 0.717) is 23.8 Å². The van der Waals surface area contributed by atoms with Crippen LogP contribution in [0.3, 0.4) is 0 Å². The molecular weight excluding hydrogens is 398 g/mol. The number of quaternary nitrogens is 1. The predicted octanol–water partition coefficient (Wildman–Crippen LogP) is 3.28. The second-order valence-electron chi connectivity index (χ2n) is 6.95. The molecule has 1 heterocycles. The third-order valence-electron chi connectivity index (χ3n) is 5.16. The van der Waals surface area contributed by atoms with Crippen molar-refractivity contribution in [3.8, 4) is 11.5 Å². The van der Waals surface area contributed by atoms with Gasteiger partial charge in [-0.15, -0.1) is 0 Å². The van der Waals surface area contributed by atoms with Gasteiger partial charge >= 0.3 is 0 Å². The molecule has 0 aliphatic carbocycles. The average Bonchev–Trinajstić information content (AvgIpc) is 3.20. The van der Waals surface area contributed by atoms with Gasteiger partial charge in [-0.3, -0.25) is 9.69 Å². The summed E-state index contributed by atoms with van der Waals surface area (Å²) in [6.07, 6.45) is 0. The molecule has 0 saturated carbocycles. The number of likely N-dealkylation sites (N-methyl/N-ethyl adjacent to an activating group) is 1. The number of anilines is 1. The molecule has 2 aromatic carbocycles. The number of carbonyl (C=O) groups is 1. The first kappa shape index (κ1) is 22.1. The number of benzene rings is 2. The van der Waals surface area contributed by atoms with E-state index >= 15 is 0 Å². The Balaban J connectivity index is 1.92. The zero-order valence-corrected chi connectivity index (χ0v) is 18.9. The summed E-state index contributed by atoms with van der Waals surface area (Å²) in [7, 11) is 1.65. The number of fused-ring (bicyclic) bond motifs is 1. The van der Waals surface area contributed by atoms with Crippen molar-refractivity contribution >= 4 is 32.6 Å². The summed E-state index contributed by atoms with van der Waals surface area (Å²) in [5.41, 5.74) is 1.50. The summed E-state index contributed by atoms with van der Waals surface area (Å²) in [4.78, 5) is 21.4. The molecule has 0 spiro atoms. The summed E-state index contributed by atoms with van der Waals surface area (Å²) < 4.78 is 11.8. The van der Waals surface area contributed by atoms with E-state index in [4.69, 9.17) is 14.5 Å². The molecule has 0 aliphatic rings. The van der Waals surface area contributed by atoms with Gasteiger partial charge < -0.3 is 14.4 Å². The fourth-order valence-electron chi connectivity index (χ4n) is 3.31. The largest absolute Gasteiger partial charge is 0.497 e. The third kappa shape index (κ3) is 5.09. The van der Waals surface area contributed by atoms with Crippen molar-refractivity contribution in [2.75, 3.05) is 44.8 Å². The summed E-state index contributed by atoms with van der Waals surface area (Å²) in [6, 6.07) is 13.1. The molecule has 160 valence electrons. The number of methoxy groups -OCH3 is 1. The molecule has 1 amide bonds. The molecule has 1 aromatic heterocycles. The molecule has 6 nitrogen and oxygen atoms in total. The van der Waals surface area contributed by atoms with E-state index in [1.807, 2.05) is 49.4 Å². The van der Waals surface area contributed by atoms with Crippen LogP contribution in [-0.2, 0) is 0 Å². The quantitative estimate of drug-likeness (QED) is 0.539. The van der Waals surface area contributed by atoms with Crippen LogP contribution >= 0.6 is 11.3 Å². The Labute approximate surface area is 182 Å². The zero-order valence-electron chi connectivity index (χ0n) is 18.1. The highest BCUT2D eigenvalue weighted by Gasteiger charge is 2.23. The molecule has 0 radical (unpaired) electrons. The number of ether oxygens (including phenoxy) is 2. The van der Waals surface area contributed by atoms with E-state index in [9.17, 15) is 4.79 Å². The van der Waals surface area contributed by atoms with Crippen LogP contribution in [0, 0.1) is 0 Å². The highest BCUT2D eigenvalue weighted by atomic mass is 32.1. The molecule has 0 aliphatic heterocycles. The minimum absolute atomic E-state index is 0.0457. The Morgan fingerprint density at radius 2 is 1.77 bits per heavy atom. The van der Waals surface area contributed by atoms with Gasteiger partial charge in [-0.2, -0.15) is 0 Å². The fraction of sp³-hybridized carbons (Fsp3) is 0.391. The van der Waals surface area contributed by atoms with Crippen LogP contribution in [0.15, 0.2) is 42.5 Å². The molecule has 0 unspecified atom stereocenters. The molecule has 3 aromatic rings. The molecule has 0 bridgehead atoms. The van der Waals surface area contributed by atoms with Crippen molar-refractivity contribution in [3.05, 3.63) is 48.0 Å². The summed E-state index contributed by atoms with van der Waals surface area (Å²) in [6.45, 7) is 10.4.